The van der Waals surface area contributed by atoms with Gasteiger partial charge in [-0.2, -0.15) is 0 Å². The molecule has 0 bridgehead atoms. The minimum absolute atomic E-state index is 0.266. The van der Waals surface area contributed by atoms with Crippen molar-refractivity contribution in [2.75, 3.05) is 26.2 Å². The summed E-state index contributed by atoms with van der Waals surface area (Å²) in [4.78, 5) is 2.59. The zero-order chi connectivity index (χ0) is 10.7. The molecular weight excluding hydrogens is 186 g/mol. The van der Waals surface area contributed by atoms with Gasteiger partial charge in [-0.3, -0.25) is 0 Å². The third-order valence-electron chi connectivity index (χ3n) is 4.51. The molecule has 0 aromatic heterocycles. The van der Waals surface area contributed by atoms with E-state index < -0.39 is 0 Å². The third-order valence-corrected chi connectivity index (χ3v) is 4.51. The molecule has 1 unspecified atom stereocenters. The van der Waals surface area contributed by atoms with Crippen LogP contribution in [-0.4, -0.2) is 36.2 Å². The Morgan fingerprint density at radius 2 is 2.07 bits per heavy atom. The molecule has 0 aromatic carbocycles. The minimum Gasteiger partial charge on any atom is -0.396 e. The standard InChI is InChI=1S/C13H25NO/c1-2-12-5-8-14(9-12)10-13(11-15)6-3-4-7-13/h12,15H,2-11H2,1H3. The summed E-state index contributed by atoms with van der Waals surface area (Å²) in [6, 6.07) is 0. The first-order valence-corrected chi connectivity index (χ1v) is 6.61. The highest BCUT2D eigenvalue weighted by Crippen LogP contribution is 2.39. The lowest BCUT2D eigenvalue weighted by Crippen LogP contribution is -2.37. The molecule has 15 heavy (non-hydrogen) atoms. The van der Waals surface area contributed by atoms with Crippen LogP contribution >= 0.6 is 0 Å². The fraction of sp³-hybridized carbons (Fsp3) is 1.00. The largest absolute Gasteiger partial charge is 0.396 e. The van der Waals surface area contributed by atoms with Gasteiger partial charge in [0.2, 0.25) is 0 Å². The Hall–Kier alpha value is -0.0800. The van der Waals surface area contributed by atoms with Crippen LogP contribution in [0.5, 0.6) is 0 Å². The number of hydrogen-bond acceptors (Lipinski definition) is 2. The number of hydrogen-bond donors (Lipinski definition) is 1. The average molecular weight is 211 g/mol. The Morgan fingerprint density at radius 1 is 1.33 bits per heavy atom. The summed E-state index contributed by atoms with van der Waals surface area (Å²) in [6.45, 7) is 6.39. The normalized spacial score (nSPS) is 31.2. The first kappa shape index (κ1) is 11.4. The summed E-state index contributed by atoms with van der Waals surface area (Å²) in [5.41, 5.74) is 0.266. The summed E-state index contributed by atoms with van der Waals surface area (Å²) >= 11 is 0. The van der Waals surface area contributed by atoms with E-state index in [1.807, 2.05) is 0 Å². The summed E-state index contributed by atoms with van der Waals surface area (Å²) < 4.78 is 0. The van der Waals surface area contributed by atoms with Crippen LogP contribution < -0.4 is 0 Å². The fourth-order valence-electron chi connectivity index (χ4n) is 3.36. The molecule has 1 heterocycles. The van der Waals surface area contributed by atoms with Gasteiger partial charge in [0.1, 0.15) is 0 Å². The van der Waals surface area contributed by atoms with Crippen LogP contribution in [-0.2, 0) is 0 Å². The van der Waals surface area contributed by atoms with Gasteiger partial charge in [-0.25, -0.2) is 0 Å². The Kier molecular flexibility index (Phi) is 3.68. The minimum atomic E-state index is 0.266. The highest BCUT2D eigenvalue weighted by molar-refractivity contribution is 4.89. The van der Waals surface area contributed by atoms with E-state index in [4.69, 9.17) is 0 Å². The third kappa shape index (κ3) is 2.54. The van der Waals surface area contributed by atoms with Crippen LogP contribution in [0.1, 0.15) is 45.4 Å². The molecule has 2 nitrogen and oxygen atoms in total. The number of aliphatic hydroxyl groups is 1. The number of rotatable bonds is 4. The van der Waals surface area contributed by atoms with Crippen molar-refractivity contribution >= 4 is 0 Å². The van der Waals surface area contributed by atoms with Gasteiger partial charge in [-0.05, 0) is 31.7 Å². The predicted octanol–water partition coefficient (Wildman–Crippen LogP) is 2.27. The number of likely N-dealkylation sites (tertiary alicyclic amines) is 1. The van der Waals surface area contributed by atoms with Crippen molar-refractivity contribution in [3.63, 3.8) is 0 Å². The maximum atomic E-state index is 9.57. The van der Waals surface area contributed by atoms with E-state index in [1.54, 1.807) is 0 Å². The Labute approximate surface area is 93.7 Å². The van der Waals surface area contributed by atoms with Gasteiger partial charge < -0.3 is 10.0 Å². The molecule has 1 N–H and O–H groups in total. The Morgan fingerprint density at radius 3 is 2.60 bits per heavy atom. The van der Waals surface area contributed by atoms with Crippen LogP contribution in [0.4, 0.5) is 0 Å². The lowest BCUT2D eigenvalue weighted by Gasteiger charge is -2.31. The van der Waals surface area contributed by atoms with E-state index in [0.717, 1.165) is 12.5 Å². The zero-order valence-corrected chi connectivity index (χ0v) is 10.0. The van der Waals surface area contributed by atoms with Gasteiger partial charge in [0.25, 0.3) is 0 Å². The van der Waals surface area contributed by atoms with E-state index >= 15 is 0 Å². The van der Waals surface area contributed by atoms with Crippen LogP contribution in [0.25, 0.3) is 0 Å². The van der Waals surface area contributed by atoms with Crippen LogP contribution in [0.3, 0.4) is 0 Å². The van der Waals surface area contributed by atoms with Gasteiger partial charge in [0, 0.05) is 25.1 Å². The molecule has 1 saturated carbocycles. The average Bonchev–Trinajstić information content (AvgIpc) is 2.88. The molecule has 2 heteroatoms. The first-order chi connectivity index (χ1) is 7.28. The first-order valence-electron chi connectivity index (χ1n) is 6.61. The summed E-state index contributed by atoms with van der Waals surface area (Å²) in [6.07, 6.45) is 7.84. The topological polar surface area (TPSA) is 23.5 Å². The molecule has 0 spiro atoms. The van der Waals surface area contributed by atoms with E-state index in [2.05, 4.69) is 11.8 Å². The molecule has 0 radical (unpaired) electrons. The number of aliphatic hydroxyl groups excluding tert-OH is 1. The highest BCUT2D eigenvalue weighted by atomic mass is 16.3. The van der Waals surface area contributed by atoms with Gasteiger partial charge in [0.05, 0.1) is 0 Å². The van der Waals surface area contributed by atoms with Crippen molar-refractivity contribution in [2.45, 2.75) is 45.4 Å². The van der Waals surface area contributed by atoms with Crippen LogP contribution in [0.15, 0.2) is 0 Å². The van der Waals surface area contributed by atoms with Crippen molar-refractivity contribution in [3.8, 4) is 0 Å². The lowest BCUT2D eigenvalue weighted by atomic mass is 9.86. The molecule has 88 valence electrons. The lowest BCUT2D eigenvalue weighted by molar-refractivity contribution is 0.0867. The van der Waals surface area contributed by atoms with Crippen LogP contribution in [0.2, 0.25) is 0 Å². The molecule has 1 atom stereocenters. The zero-order valence-electron chi connectivity index (χ0n) is 10.0. The molecule has 0 amide bonds. The van der Waals surface area contributed by atoms with Crippen molar-refractivity contribution < 1.29 is 5.11 Å². The summed E-state index contributed by atoms with van der Waals surface area (Å²) in [5.74, 6) is 0.919. The number of nitrogens with zero attached hydrogens (tertiary/aromatic N) is 1. The molecule has 1 aliphatic heterocycles. The second-order valence-electron chi connectivity index (χ2n) is 5.66. The smallest absolute Gasteiger partial charge is 0.0499 e. The molecule has 1 saturated heterocycles. The fourth-order valence-corrected chi connectivity index (χ4v) is 3.36. The van der Waals surface area contributed by atoms with Crippen molar-refractivity contribution in [3.05, 3.63) is 0 Å². The van der Waals surface area contributed by atoms with Crippen molar-refractivity contribution in [1.29, 1.82) is 0 Å². The van der Waals surface area contributed by atoms with E-state index in [0.29, 0.717) is 6.61 Å². The molecule has 2 fully saturated rings. The monoisotopic (exact) mass is 211 g/mol. The van der Waals surface area contributed by atoms with Gasteiger partial charge in [-0.1, -0.05) is 26.2 Å². The molecule has 2 rings (SSSR count). The second-order valence-corrected chi connectivity index (χ2v) is 5.66. The maximum absolute atomic E-state index is 9.57. The Balaban J connectivity index is 1.85. The summed E-state index contributed by atoms with van der Waals surface area (Å²) in [7, 11) is 0. The Bertz CT molecular complexity index is 199. The summed E-state index contributed by atoms with van der Waals surface area (Å²) in [5, 5.41) is 9.57. The van der Waals surface area contributed by atoms with E-state index in [1.165, 1.54) is 51.6 Å². The van der Waals surface area contributed by atoms with Crippen LogP contribution in [0, 0.1) is 11.3 Å². The van der Waals surface area contributed by atoms with Gasteiger partial charge in [-0.15, -0.1) is 0 Å². The second kappa shape index (κ2) is 4.84. The van der Waals surface area contributed by atoms with Gasteiger partial charge >= 0.3 is 0 Å². The van der Waals surface area contributed by atoms with Crippen molar-refractivity contribution in [1.82, 2.24) is 4.90 Å². The van der Waals surface area contributed by atoms with E-state index in [-0.39, 0.29) is 5.41 Å². The van der Waals surface area contributed by atoms with Gasteiger partial charge in [0.15, 0.2) is 0 Å². The predicted molar refractivity (Wildman–Crippen MR) is 62.8 cm³/mol. The molecule has 1 aliphatic carbocycles. The quantitative estimate of drug-likeness (QED) is 0.771. The van der Waals surface area contributed by atoms with Crippen molar-refractivity contribution in [2.24, 2.45) is 11.3 Å². The van der Waals surface area contributed by atoms with E-state index in [9.17, 15) is 5.11 Å². The molecular formula is C13H25NO. The maximum Gasteiger partial charge on any atom is 0.0499 e. The SMILES string of the molecule is CCC1CCN(CC2(CO)CCCC2)C1. The highest BCUT2D eigenvalue weighted by Gasteiger charge is 2.36. The molecule has 2 aliphatic rings. The molecule has 0 aromatic rings.